The fourth-order valence-corrected chi connectivity index (χ4v) is 2.67. The van der Waals surface area contributed by atoms with Crippen LogP contribution in [0.15, 0.2) is 42.5 Å². The van der Waals surface area contributed by atoms with Gasteiger partial charge in [0, 0.05) is 5.02 Å². The lowest BCUT2D eigenvalue weighted by Crippen LogP contribution is -2.53. The first-order valence-corrected chi connectivity index (χ1v) is 8.73. The summed E-state index contributed by atoms with van der Waals surface area (Å²) in [6.07, 6.45) is -1.69. The van der Waals surface area contributed by atoms with Crippen LogP contribution in [0.3, 0.4) is 0 Å². The molecule has 2 N–H and O–H groups in total. The van der Waals surface area contributed by atoms with Gasteiger partial charge >= 0.3 is 0 Å². The predicted molar refractivity (Wildman–Crippen MR) is 98.9 cm³/mol. The third kappa shape index (κ3) is 4.62. The van der Waals surface area contributed by atoms with E-state index in [9.17, 15) is 9.59 Å². The molecule has 8 heteroatoms. The van der Waals surface area contributed by atoms with E-state index in [2.05, 4.69) is 10.9 Å². The van der Waals surface area contributed by atoms with Crippen molar-refractivity contribution in [3.05, 3.63) is 53.1 Å². The largest absolute Gasteiger partial charge is 0.485 e. The van der Waals surface area contributed by atoms with Crippen LogP contribution in [0.5, 0.6) is 17.2 Å². The topological polar surface area (TPSA) is 85.9 Å². The summed E-state index contributed by atoms with van der Waals surface area (Å²) in [6.45, 7) is 3.45. The minimum Gasteiger partial charge on any atom is -0.485 e. The van der Waals surface area contributed by atoms with Gasteiger partial charge in [-0.25, -0.2) is 0 Å². The summed E-state index contributed by atoms with van der Waals surface area (Å²) < 4.78 is 16.7. The quantitative estimate of drug-likeness (QED) is 0.783. The standard InChI is InChI=1S/C19H19ClN2O5/c1-11-9-13(20)7-8-14(11)26-12(2)18(23)21-22-19(24)17-10-25-15-5-3-4-6-16(15)27-17/h3-9,12,17H,10H2,1-2H3,(H,21,23)(H,22,24)/t12-,17+/m0/s1. The first-order chi connectivity index (χ1) is 12.9. The van der Waals surface area contributed by atoms with Crippen molar-refractivity contribution in [1.29, 1.82) is 0 Å². The third-order valence-corrected chi connectivity index (χ3v) is 4.15. The number of hydrogen-bond acceptors (Lipinski definition) is 5. The van der Waals surface area contributed by atoms with Crippen molar-refractivity contribution in [3.8, 4) is 17.2 Å². The second-order valence-corrected chi connectivity index (χ2v) is 6.45. The molecule has 0 radical (unpaired) electrons. The van der Waals surface area contributed by atoms with Gasteiger partial charge in [-0.3, -0.25) is 20.4 Å². The van der Waals surface area contributed by atoms with Crippen LogP contribution in [0.4, 0.5) is 0 Å². The summed E-state index contributed by atoms with van der Waals surface area (Å²) in [7, 11) is 0. The van der Waals surface area contributed by atoms with Crippen molar-refractivity contribution in [2.45, 2.75) is 26.1 Å². The molecule has 7 nitrogen and oxygen atoms in total. The fourth-order valence-electron chi connectivity index (χ4n) is 2.44. The molecule has 0 aromatic heterocycles. The molecule has 3 rings (SSSR count). The molecule has 0 bridgehead atoms. The summed E-state index contributed by atoms with van der Waals surface area (Å²) in [6, 6.07) is 12.1. The highest BCUT2D eigenvalue weighted by molar-refractivity contribution is 6.30. The zero-order valence-electron chi connectivity index (χ0n) is 14.8. The van der Waals surface area contributed by atoms with E-state index in [1.807, 2.05) is 13.0 Å². The zero-order valence-corrected chi connectivity index (χ0v) is 15.6. The van der Waals surface area contributed by atoms with E-state index in [0.717, 1.165) is 5.56 Å². The van der Waals surface area contributed by atoms with Crippen LogP contribution in [-0.4, -0.2) is 30.6 Å². The average Bonchev–Trinajstić information content (AvgIpc) is 2.67. The summed E-state index contributed by atoms with van der Waals surface area (Å²) >= 11 is 5.90. The van der Waals surface area contributed by atoms with Crippen LogP contribution in [0.2, 0.25) is 5.02 Å². The highest BCUT2D eigenvalue weighted by atomic mass is 35.5. The zero-order chi connectivity index (χ0) is 19.4. The number of benzene rings is 2. The maximum atomic E-state index is 12.2. The molecular formula is C19H19ClN2O5. The number of carbonyl (C=O) groups excluding carboxylic acids is 2. The Kier molecular flexibility index (Phi) is 5.71. The molecule has 0 saturated carbocycles. The number of fused-ring (bicyclic) bond motifs is 1. The van der Waals surface area contributed by atoms with Crippen LogP contribution in [0.25, 0.3) is 0 Å². The Hall–Kier alpha value is -2.93. The van der Waals surface area contributed by atoms with Crippen molar-refractivity contribution in [2.24, 2.45) is 0 Å². The van der Waals surface area contributed by atoms with Crippen molar-refractivity contribution >= 4 is 23.4 Å². The monoisotopic (exact) mass is 390 g/mol. The minimum absolute atomic E-state index is 0.0503. The number of para-hydroxylation sites is 2. The first kappa shape index (κ1) is 18.8. The molecule has 142 valence electrons. The molecule has 1 heterocycles. The maximum absolute atomic E-state index is 12.2. The van der Waals surface area contributed by atoms with E-state index < -0.39 is 24.0 Å². The Morgan fingerprint density at radius 2 is 1.93 bits per heavy atom. The molecule has 2 aromatic rings. The average molecular weight is 391 g/mol. The SMILES string of the molecule is Cc1cc(Cl)ccc1O[C@@H](C)C(=O)NNC(=O)[C@H]1COc2ccccc2O1. The number of aryl methyl sites for hydroxylation is 1. The van der Waals surface area contributed by atoms with Gasteiger partial charge < -0.3 is 14.2 Å². The van der Waals surface area contributed by atoms with E-state index >= 15 is 0 Å². The maximum Gasteiger partial charge on any atom is 0.283 e. The van der Waals surface area contributed by atoms with Crippen molar-refractivity contribution in [1.82, 2.24) is 10.9 Å². The van der Waals surface area contributed by atoms with Crippen molar-refractivity contribution in [2.75, 3.05) is 6.61 Å². The Balaban J connectivity index is 1.50. The molecule has 0 saturated heterocycles. The number of halogens is 1. The number of ether oxygens (including phenoxy) is 3. The summed E-state index contributed by atoms with van der Waals surface area (Å²) in [5.74, 6) is 0.563. The van der Waals surface area contributed by atoms with Gasteiger partial charge in [0.15, 0.2) is 17.6 Å². The molecule has 0 aliphatic carbocycles. The highest BCUT2D eigenvalue weighted by Gasteiger charge is 2.28. The Labute approximate surface area is 161 Å². The van der Waals surface area contributed by atoms with Gasteiger partial charge in [0.1, 0.15) is 12.4 Å². The molecule has 2 atom stereocenters. The molecule has 2 amide bonds. The van der Waals surface area contributed by atoms with Crippen LogP contribution in [0.1, 0.15) is 12.5 Å². The van der Waals surface area contributed by atoms with Gasteiger partial charge in [0.25, 0.3) is 11.8 Å². The summed E-state index contributed by atoms with van der Waals surface area (Å²) in [4.78, 5) is 24.4. The van der Waals surface area contributed by atoms with E-state index in [1.54, 1.807) is 43.3 Å². The van der Waals surface area contributed by atoms with Gasteiger partial charge in [-0.2, -0.15) is 0 Å². The number of hydrogen-bond donors (Lipinski definition) is 2. The minimum atomic E-state index is -0.866. The second kappa shape index (κ2) is 8.18. The first-order valence-electron chi connectivity index (χ1n) is 8.35. The fraction of sp³-hybridized carbons (Fsp3) is 0.263. The second-order valence-electron chi connectivity index (χ2n) is 6.01. The molecule has 1 aliphatic rings. The molecule has 0 unspecified atom stereocenters. The normalized spacial score (nSPS) is 16.2. The third-order valence-electron chi connectivity index (χ3n) is 3.92. The molecule has 27 heavy (non-hydrogen) atoms. The number of amides is 2. The lowest BCUT2D eigenvalue weighted by atomic mass is 10.2. The predicted octanol–water partition coefficient (Wildman–Crippen LogP) is 2.40. The summed E-state index contributed by atoms with van der Waals surface area (Å²) in [5, 5.41) is 0.584. The Morgan fingerprint density at radius 1 is 1.19 bits per heavy atom. The van der Waals surface area contributed by atoms with Gasteiger partial charge in [0.05, 0.1) is 0 Å². The molecular weight excluding hydrogens is 372 g/mol. The number of carbonyl (C=O) groups is 2. The van der Waals surface area contributed by atoms with E-state index in [1.165, 1.54) is 0 Å². The number of rotatable bonds is 4. The Bertz CT molecular complexity index is 858. The van der Waals surface area contributed by atoms with Crippen LogP contribution >= 0.6 is 11.6 Å². The van der Waals surface area contributed by atoms with Gasteiger partial charge in [-0.1, -0.05) is 23.7 Å². The van der Waals surface area contributed by atoms with Crippen LogP contribution in [-0.2, 0) is 9.59 Å². The highest BCUT2D eigenvalue weighted by Crippen LogP contribution is 2.30. The van der Waals surface area contributed by atoms with Crippen molar-refractivity contribution < 1.29 is 23.8 Å². The van der Waals surface area contributed by atoms with E-state index in [0.29, 0.717) is 22.3 Å². The molecule has 1 aliphatic heterocycles. The number of nitrogens with one attached hydrogen (secondary N) is 2. The molecule has 0 spiro atoms. The smallest absolute Gasteiger partial charge is 0.283 e. The molecule has 2 aromatic carbocycles. The number of hydrazine groups is 1. The van der Waals surface area contributed by atoms with E-state index in [4.69, 9.17) is 25.8 Å². The van der Waals surface area contributed by atoms with E-state index in [-0.39, 0.29) is 6.61 Å². The lowest BCUT2D eigenvalue weighted by Gasteiger charge is -2.25. The van der Waals surface area contributed by atoms with Gasteiger partial charge in [0.2, 0.25) is 6.10 Å². The van der Waals surface area contributed by atoms with Crippen LogP contribution in [0, 0.1) is 6.92 Å². The van der Waals surface area contributed by atoms with Gasteiger partial charge in [-0.05, 0) is 49.7 Å². The summed E-state index contributed by atoms with van der Waals surface area (Å²) in [5.41, 5.74) is 5.46. The van der Waals surface area contributed by atoms with Crippen LogP contribution < -0.4 is 25.1 Å². The van der Waals surface area contributed by atoms with Gasteiger partial charge in [-0.15, -0.1) is 0 Å². The molecule has 0 fully saturated rings. The van der Waals surface area contributed by atoms with Crippen molar-refractivity contribution in [3.63, 3.8) is 0 Å². The lowest BCUT2D eigenvalue weighted by molar-refractivity contribution is -0.137. The Morgan fingerprint density at radius 3 is 2.67 bits per heavy atom.